The fourth-order valence-electron chi connectivity index (χ4n) is 3.11. The Morgan fingerprint density at radius 3 is 0.969 bits per heavy atom. The molecule has 0 aliphatic rings. The number of unbranched alkanes of at least 4 members (excludes halogenated alkanes) is 2. The standard InChI is InChI=1S/C20H46O6S4Si2/c1-7-21-31(22-8-2,23-9-3)19-15-13-17-27-29-30-28-18-14-16-20-32(24-10-4,25-11-5)26-12-6/h7-20H2,1-6H3. The van der Waals surface area contributed by atoms with Gasteiger partial charge in [0.2, 0.25) is 0 Å². The summed E-state index contributed by atoms with van der Waals surface area (Å²) in [5, 5.41) is 0. The second kappa shape index (κ2) is 23.0. The molecule has 0 spiro atoms. The first kappa shape index (κ1) is 33.6. The highest BCUT2D eigenvalue weighted by Crippen LogP contribution is 2.43. The van der Waals surface area contributed by atoms with E-state index in [-0.39, 0.29) is 0 Å². The van der Waals surface area contributed by atoms with E-state index in [0.717, 1.165) is 49.3 Å². The van der Waals surface area contributed by atoms with Crippen LogP contribution in [0.5, 0.6) is 0 Å². The maximum Gasteiger partial charge on any atom is 0.500 e. The minimum atomic E-state index is -2.47. The lowest BCUT2D eigenvalue weighted by Crippen LogP contribution is -2.45. The van der Waals surface area contributed by atoms with E-state index in [0.29, 0.717) is 39.6 Å². The molecule has 194 valence electrons. The first-order valence-corrected chi connectivity index (χ1v) is 21.0. The Labute approximate surface area is 215 Å². The van der Waals surface area contributed by atoms with Gasteiger partial charge in [-0.3, -0.25) is 0 Å². The molecular weight excluding hydrogens is 521 g/mol. The SMILES string of the molecule is CCO[Si](CCCCSSSSCCCC[Si](OCC)(OCC)OCC)(OCC)OCC. The van der Waals surface area contributed by atoms with E-state index >= 15 is 0 Å². The molecule has 0 heterocycles. The van der Waals surface area contributed by atoms with E-state index in [1.54, 1.807) is 0 Å². The highest BCUT2D eigenvalue weighted by molar-refractivity contribution is 9.26. The highest BCUT2D eigenvalue weighted by atomic mass is 33.7. The van der Waals surface area contributed by atoms with Crippen molar-refractivity contribution in [2.75, 3.05) is 51.1 Å². The minimum absolute atomic E-state index is 0.650. The zero-order chi connectivity index (χ0) is 24.0. The van der Waals surface area contributed by atoms with E-state index in [9.17, 15) is 0 Å². The molecule has 0 aliphatic heterocycles. The molecule has 0 aliphatic carbocycles. The van der Waals surface area contributed by atoms with E-state index in [2.05, 4.69) is 0 Å². The second-order valence-electron chi connectivity index (χ2n) is 6.66. The third kappa shape index (κ3) is 16.3. The number of hydrogen-bond donors (Lipinski definition) is 0. The number of hydrogen-bond acceptors (Lipinski definition) is 10. The third-order valence-corrected chi connectivity index (χ3v) is 17.2. The molecule has 12 heteroatoms. The average molecular weight is 567 g/mol. The summed E-state index contributed by atoms with van der Waals surface area (Å²) in [6.45, 7) is 16.0. The van der Waals surface area contributed by atoms with Gasteiger partial charge >= 0.3 is 17.6 Å². The molecule has 0 unspecified atom stereocenters. The van der Waals surface area contributed by atoms with Crippen LogP contribution in [0, 0.1) is 0 Å². The molecule has 0 fully saturated rings. The van der Waals surface area contributed by atoms with Crippen molar-refractivity contribution < 1.29 is 26.6 Å². The van der Waals surface area contributed by atoms with Gasteiger partial charge in [-0.2, -0.15) is 0 Å². The van der Waals surface area contributed by atoms with Crippen LogP contribution in [0.3, 0.4) is 0 Å². The van der Waals surface area contributed by atoms with Gasteiger partial charge in [0.05, 0.1) is 0 Å². The number of rotatable bonds is 25. The van der Waals surface area contributed by atoms with Crippen LogP contribution in [0.4, 0.5) is 0 Å². The van der Waals surface area contributed by atoms with E-state index < -0.39 is 17.6 Å². The van der Waals surface area contributed by atoms with Crippen molar-refractivity contribution in [3.05, 3.63) is 0 Å². The summed E-state index contributed by atoms with van der Waals surface area (Å²) in [5.74, 6) is 2.27. The van der Waals surface area contributed by atoms with Crippen LogP contribution in [-0.4, -0.2) is 68.8 Å². The summed E-state index contributed by atoms with van der Waals surface area (Å²) < 4.78 is 35.5. The van der Waals surface area contributed by atoms with Crippen LogP contribution in [0.2, 0.25) is 12.1 Å². The second-order valence-corrected chi connectivity index (χ2v) is 18.4. The Kier molecular flexibility index (Phi) is 24.2. The van der Waals surface area contributed by atoms with Crippen LogP contribution in [0.15, 0.2) is 0 Å². The molecule has 0 aromatic heterocycles. The molecule has 0 amide bonds. The largest absolute Gasteiger partial charge is 0.500 e. The molecule has 0 bridgehead atoms. The van der Waals surface area contributed by atoms with Crippen molar-refractivity contribution in [1.82, 2.24) is 0 Å². The van der Waals surface area contributed by atoms with Gasteiger partial charge in [0.25, 0.3) is 0 Å². The van der Waals surface area contributed by atoms with Crippen LogP contribution in [0.1, 0.15) is 67.2 Å². The Hall–Kier alpha value is 1.59. The van der Waals surface area contributed by atoms with Crippen LogP contribution >= 0.6 is 41.2 Å². The fraction of sp³-hybridized carbons (Fsp3) is 1.00. The quantitative estimate of drug-likeness (QED) is 0.0638. The predicted octanol–water partition coefficient (Wildman–Crippen LogP) is 7.32. The molecule has 32 heavy (non-hydrogen) atoms. The smallest absolute Gasteiger partial charge is 0.374 e. The Morgan fingerprint density at radius 1 is 0.438 bits per heavy atom. The molecule has 0 radical (unpaired) electrons. The van der Waals surface area contributed by atoms with Gasteiger partial charge in [-0.15, -0.1) is 0 Å². The van der Waals surface area contributed by atoms with Gasteiger partial charge < -0.3 is 26.6 Å². The maximum atomic E-state index is 5.92. The topological polar surface area (TPSA) is 55.4 Å². The Bertz CT molecular complexity index is 346. The van der Waals surface area contributed by atoms with E-state index in [4.69, 9.17) is 26.6 Å². The van der Waals surface area contributed by atoms with Gasteiger partial charge in [-0.25, -0.2) is 0 Å². The van der Waals surface area contributed by atoms with Crippen LogP contribution in [-0.2, 0) is 26.6 Å². The molecule has 0 aromatic carbocycles. The zero-order valence-corrected chi connectivity index (χ0v) is 26.2. The Balaban J connectivity index is 3.85. The normalized spacial score (nSPS) is 12.6. The third-order valence-electron chi connectivity index (χ3n) is 4.23. The average Bonchev–Trinajstić information content (AvgIpc) is 2.76. The monoisotopic (exact) mass is 566 g/mol. The molecule has 0 rings (SSSR count). The summed E-state index contributed by atoms with van der Waals surface area (Å²) >= 11 is 0. The first-order valence-electron chi connectivity index (χ1n) is 12.0. The van der Waals surface area contributed by atoms with Crippen molar-refractivity contribution in [1.29, 1.82) is 0 Å². The van der Waals surface area contributed by atoms with Gasteiger partial charge in [0.15, 0.2) is 0 Å². The molecule has 6 nitrogen and oxygen atoms in total. The predicted molar refractivity (Wildman–Crippen MR) is 149 cm³/mol. The summed E-state index contributed by atoms with van der Waals surface area (Å²) in [6, 6.07) is 1.82. The van der Waals surface area contributed by atoms with Crippen molar-refractivity contribution in [2.45, 2.75) is 79.3 Å². The van der Waals surface area contributed by atoms with E-state index in [1.165, 1.54) is 0 Å². The molecule has 0 saturated carbocycles. The molecule has 0 atom stereocenters. The van der Waals surface area contributed by atoms with Crippen molar-refractivity contribution >= 4 is 58.8 Å². The first-order chi connectivity index (χ1) is 15.6. The molecule has 0 aromatic rings. The fourth-order valence-corrected chi connectivity index (χ4v) is 14.7. The van der Waals surface area contributed by atoms with Gasteiger partial charge in [-0.05, 0) is 86.9 Å². The van der Waals surface area contributed by atoms with Crippen LogP contribution in [0.25, 0.3) is 0 Å². The highest BCUT2D eigenvalue weighted by Gasteiger charge is 2.40. The lowest BCUT2D eigenvalue weighted by atomic mass is 10.4. The van der Waals surface area contributed by atoms with Crippen molar-refractivity contribution in [2.24, 2.45) is 0 Å². The van der Waals surface area contributed by atoms with Gasteiger partial charge in [0, 0.05) is 63.2 Å². The lowest BCUT2D eigenvalue weighted by molar-refractivity contribution is 0.0700. The summed E-state index contributed by atoms with van der Waals surface area (Å²) in [4.78, 5) is 0. The van der Waals surface area contributed by atoms with Gasteiger partial charge in [-0.1, -0.05) is 21.6 Å². The van der Waals surface area contributed by atoms with E-state index in [1.807, 2.05) is 82.8 Å². The van der Waals surface area contributed by atoms with Crippen molar-refractivity contribution in [3.8, 4) is 0 Å². The molecule has 0 N–H and O–H groups in total. The Morgan fingerprint density at radius 2 is 0.719 bits per heavy atom. The van der Waals surface area contributed by atoms with Gasteiger partial charge in [0.1, 0.15) is 0 Å². The lowest BCUT2D eigenvalue weighted by Gasteiger charge is -2.28. The van der Waals surface area contributed by atoms with Crippen molar-refractivity contribution in [3.63, 3.8) is 0 Å². The molecule has 0 saturated heterocycles. The zero-order valence-electron chi connectivity index (χ0n) is 21.0. The molecular formula is C20H46O6S4Si2. The summed E-state index contributed by atoms with van der Waals surface area (Å²) in [5.41, 5.74) is 0. The van der Waals surface area contributed by atoms with Crippen LogP contribution < -0.4 is 0 Å². The summed E-state index contributed by atoms with van der Waals surface area (Å²) in [6.07, 6.45) is 4.49. The minimum Gasteiger partial charge on any atom is -0.374 e. The maximum absolute atomic E-state index is 5.92. The summed E-state index contributed by atoms with van der Waals surface area (Å²) in [7, 11) is 2.68.